The van der Waals surface area contributed by atoms with Gasteiger partial charge in [0, 0.05) is 30.8 Å². The molecule has 0 saturated carbocycles. The second-order valence-corrected chi connectivity index (χ2v) is 21.6. The van der Waals surface area contributed by atoms with Gasteiger partial charge < -0.3 is 14.2 Å². The van der Waals surface area contributed by atoms with Gasteiger partial charge in [0.2, 0.25) is 0 Å². The minimum absolute atomic E-state index is 0.0157. The Hall–Kier alpha value is -2.20. The number of hydrogen-bond donors (Lipinski definition) is 0. The second kappa shape index (κ2) is 21.5. The molecule has 0 amide bonds. The van der Waals surface area contributed by atoms with Gasteiger partial charge in [-0.2, -0.15) is 0 Å². The Morgan fingerprint density at radius 3 is 1.71 bits per heavy atom. The lowest BCUT2D eigenvalue weighted by molar-refractivity contribution is 0.0429. The molecule has 0 fully saturated rings. The van der Waals surface area contributed by atoms with Crippen molar-refractivity contribution in [3.8, 4) is 21.3 Å². The van der Waals surface area contributed by atoms with Crippen LogP contribution in [0.5, 0.6) is 11.5 Å². The summed E-state index contributed by atoms with van der Waals surface area (Å²) in [4.78, 5) is 18.0. The Kier molecular flexibility index (Phi) is 17.4. The molecule has 58 heavy (non-hydrogen) atoms. The Bertz CT molecular complexity index is 2010. The lowest BCUT2D eigenvalue weighted by Crippen LogP contribution is -2.14. The average molecular weight is 871 g/mol. The van der Waals surface area contributed by atoms with Crippen LogP contribution in [0.3, 0.4) is 0 Å². The van der Waals surface area contributed by atoms with Crippen LogP contribution < -0.4 is 9.47 Å². The number of benzene rings is 1. The summed E-state index contributed by atoms with van der Waals surface area (Å²) in [5.41, 5.74) is 0.0157. The van der Waals surface area contributed by atoms with E-state index in [1.54, 1.807) is 22.7 Å². The molecule has 4 heterocycles. The summed E-state index contributed by atoms with van der Waals surface area (Å²) in [5.74, 6) is 2.25. The quantitative estimate of drug-likeness (QED) is 0.0548. The second-order valence-electron chi connectivity index (χ2n) is 17.5. The van der Waals surface area contributed by atoms with E-state index in [-0.39, 0.29) is 22.1 Å². The van der Waals surface area contributed by atoms with Crippen molar-refractivity contribution < 1.29 is 23.4 Å². The van der Waals surface area contributed by atoms with Crippen LogP contribution in [0.25, 0.3) is 40.0 Å². The highest BCUT2D eigenvalue weighted by Gasteiger charge is 2.31. The molecule has 1 aromatic carbocycles. The van der Waals surface area contributed by atoms with Crippen molar-refractivity contribution in [1.82, 2.24) is 0 Å². The van der Waals surface area contributed by atoms with E-state index in [1.165, 1.54) is 41.9 Å². The maximum atomic E-state index is 16.6. The Labute approximate surface area is 365 Å². The number of esters is 1. The third kappa shape index (κ3) is 10.5. The summed E-state index contributed by atoms with van der Waals surface area (Å²) in [6.45, 7) is 26.2. The Balaban J connectivity index is 1.70. The highest BCUT2D eigenvalue weighted by Crippen LogP contribution is 2.56. The molecular weight excluding hydrogens is 800 g/mol. The largest absolute Gasteiger partial charge is 0.491 e. The third-order valence-corrected chi connectivity index (χ3v) is 18.0. The predicted molar refractivity (Wildman–Crippen MR) is 254 cm³/mol. The zero-order valence-electron chi connectivity index (χ0n) is 37.4. The first-order valence-electron chi connectivity index (χ1n) is 22.6. The number of ether oxygens (including phenoxy) is 3. The molecule has 0 saturated heterocycles. The number of hydrogen-bond acceptors (Lipinski definition) is 8. The molecule has 0 bridgehead atoms. The first-order chi connectivity index (χ1) is 27.9. The van der Waals surface area contributed by atoms with Gasteiger partial charge in [0.1, 0.15) is 16.4 Å². The number of halogens is 1. The van der Waals surface area contributed by atoms with Crippen LogP contribution in [0.1, 0.15) is 185 Å². The maximum absolute atomic E-state index is 16.6. The molecule has 3 unspecified atom stereocenters. The van der Waals surface area contributed by atoms with E-state index < -0.39 is 11.8 Å². The van der Waals surface area contributed by atoms with E-state index in [2.05, 4.69) is 88.3 Å². The molecule has 4 nitrogen and oxygen atoms in total. The van der Waals surface area contributed by atoms with E-state index in [0.717, 1.165) is 109 Å². The molecule has 9 heteroatoms. The highest BCUT2D eigenvalue weighted by atomic mass is 32.1. The van der Waals surface area contributed by atoms with Crippen molar-refractivity contribution in [2.24, 2.45) is 17.8 Å². The summed E-state index contributed by atoms with van der Waals surface area (Å²) < 4.78 is 39.6. The molecule has 0 aliphatic carbocycles. The first kappa shape index (κ1) is 46.9. The topological polar surface area (TPSA) is 44.8 Å². The highest BCUT2D eigenvalue weighted by molar-refractivity contribution is 7.31. The number of unbranched alkanes of at least 4 members (excludes halogenated alkanes) is 3. The lowest BCUT2D eigenvalue weighted by Gasteiger charge is -2.20. The van der Waals surface area contributed by atoms with E-state index in [1.807, 2.05) is 11.3 Å². The fraction of sp³-hybridized carbons (Fsp3) is 0.653. The molecule has 0 aliphatic rings. The van der Waals surface area contributed by atoms with Crippen molar-refractivity contribution >= 4 is 81.6 Å². The fourth-order valence-electron chi connectivity index (χ4n) is 7.66. The van der Waals surface area contributed by atoms with Gasteiger partial charge in [-0.25, -0.2) is 9.18 Å². The van der Waals surface area contributed by atoms with Crippen LogP contribution in [-0.2, 0) is 10.2 Å². The summed E-state index contributed by atoms with van der Waals surface area (Å²) in [7, 11) is 0. The maximum Gasteiger partial charge on any atom is 0.351 e. The molecule has 4 aromatic heterocycles. The van der Waals surface area contributed by atoms with Crippen LogP contribution >= 0.6 is 45.3 Å². The van der Waals surface area contributed by atoms with Gasteiger partial charge in [-0.1, -0.05) is 134 Å². The molecule has 0 N–H and O–H groups in total. The van der Waals surface area contributed by atoms with E-state index in [9.17, 15) is 4.79 Å². The smallest absolute Gasteiger partial charge is 0.351 e. The zero-order chi connectivity index (χ0) is 42.1. The lowest BCUT2D eigenvalue weighted by atomic mass is 9.88. The number of thiophene rings is 4. The minimum atomic E-state index is -0.546. The first-order valence-corrected chi connectivity index (χ1v) is 25.8. The number of carbonyl (C=O) groups is 1. The number of fused-ring (bicyclic) bond motifs is 3. The number of rotatable bonds is 25. The van der Waals surface area contributed by atoms with Gasteiger partial charge in [-0.3, -0.25) is 0 Å². The molecule has 0 aliphatic heterocycles. The van der Waals surface area contributed by atoms with Crippen LogP contribution in [0.4, 0.5) is 4.39 Å². The summed E-state index contributed by atoms with van der Waals surface area (Å²) in [6.07, 6.45) is 14.4. The van der Waals surface area contributed by atoms with E-state index in [0.29, 0.717) is 37.0 Å². The summed E-state index contributed by atoms with van der Waals surface area (Å²) in [5, 5.41) is 2.78. The van der Waals surface area contributed by atoms with Crippen LogP contribution in [-0.4, -0.2) is 25.8 Å². The third-order valence-electron chi connectivity index (χ3n) is 12.4. The van der Waals surface area contributed by atoms with Crippen molar-refractivity contribution in [3.05, 3.63) is 32.6 Å². The molecule has 5 aromatic rings. The van der Waals surface area contributed by atoms with Crippen LogP contribution in [0.2, 0.25) is 0 Å². The molecule has 0 spiro atoms. The van der Waals surface area contributed by atoms with E-state index in [4.69, 9.17) is 14.2 Å². The average Bonchev–Trinajstić information content (AvgIpc) is 4.01. The van der Waals surface area contributed by atoms with E-state index >= 15 is 4.39 Å². The van der Waals surface area contributed by atoms with Gasteiger partial charge in [0.15, 0.2) is 5.82 Å². The number of carbonyl (C=O) groups excluding carboxylic acids is 1. The van der Waals surface area contributed by atoms with Crippen molar-refractivity contribution in [1.29, 1.82) is 0 Å². The molecule has 5 rings (SSSR count). The van der Waals surface area contributed by atoms with Crippen LogP contribution in [0.15, 0.2) is 12.1 Å². The Morgan fingerprint density at radius 2 is 1.21 bits per heavy atom. The molecular formula is C49H71FO4S4. The molecule has 3 atom stereocenters. The van der Waals surface area contributed by atoms with Gasteiger partial charge in [0.25, 0.3) is 0 Å². The normalized spacial score (nSPS) is 13.9. The van der Waals surface area contributed by atoms with Crippen LogP contribution in [0, 0.1) is 23.6 Å². The van der Waals surface area contributed by atoms with Gasteiger partial charge in [0.05, 0.1) is 38.8 Å². The van der Waals surface area contributed by atoms with Crippen molar-refractivity contribution in [3.63, 3.8) is 0 Å². The molecule has 0 radical (unpaired) electrons. The molecule has 322 valence electrons. The standard InChI is InChI=1S/C49H71FO4S4/c1-12-19-22-31(15-4)27-52-40-34-25-36(45-46-38(42(57-45)30(8)9)39(50)47(58-46)48(51)54-29-33(17-6)24-21-14-3)55-43(34)41(53-28-32(16-5)23-20-13-2)35-26-37(56-44(35)40)49(10,11)18-7/h25-26,30-33H,12-24,27-29H2,1-11H3. The van der Waals surface area contributed by atoms with Crippen molar-refractivity contribution in [2.45, 2.75) is 171 Å². The zero-order valence-corrected chi connectivity index (χ0v) is 40.7. The minimum Gasteiger partial charge on any atom is -0.491 e. The van der Waals surface area contributed by atoms with Gasteiger partial charge in [-0.05, 0) is 66.9 Å². The Morgan fingerprint density at radius 1 is 0.690 bits per heavy atom. The predicted octanol–water partition coefficient (Wildman–Crippen LogP) is 17.6. The van der Waals surface area contributed by atoms with Gasteiger partial charge >= 0.3 is 5.97 Å². The van der Waals surface area contributed by atoms with Gasteiger partial charge in [-0.15, -0.1) is 45.3 Å². The fourth-order valence-corrected chi connectivity index (χ4v) is 12.9. The summed E-state index contributed by atoms with van der Waals surface area (Å²) >= 11 is 6.50. The van der Waals surface area contributed by atoms with Crippen molar-refractivity contribution in [2.75, 3.05) is 19.8 Å². The monoisotopic (exact) mass is 870 g/mol. The SMILES string of the molecule is CCCCC(CC)COC(=O)c1sc2c(-c3cc4c(OCC(CC)CCCC)c5sc(C(C)(C)CC)cc5c(OCC(CC)CCCC)c4s3)sc(C(C)C)c2c1F. The summed E-state index contributed by atoms with van der Waals surface area (Å²) in [6, 6.07) is 4.65.